The highest BCUT2D eigenvalue weighted by Gasteiger charge is 2.05. The Labute approximate surface area is 228 Å². The summed E-state index contributed by atoms with van der Waals surface area (Å²) in [6.45, 7) is 17.9. The van der Waals surface area contributed by atoms with Crippen LogP contribution in [0.4, 0.5) is 0 Å². The minimum Gasteiger partial charge on any atom is -0.244 e. The third-order valence-corrected chi connectivity index (χ3v) is 6.51. The maximum atomic E-state index is 3.98. The molecule has 0 bridgehead atoms. The van der Waals surface area contributed by atoms with E-state index in [1.165, 1.54) is 16.7 Å². The molecule has 0 saturated carbocycles. The lowest BCUT2D eigenvalue weighted by atomic mass is 10.0. The maximum Gasteiger partial charge on any atom is 0.169 e. The Kier molecular flexibility index (Phi) is 11.3. The van der Waals surface area contributed by atoms with Gasteiger partial charge in [-0.1, -0.05) is 32.2 Å². The van der Waals surface area contributed by atoms with E-state index in [0.717, 1.165) is 54.9 Å². The molecule has 194 valence electrons. The fourth-order valence-electron chi connectivity index (χ4n) is 4.18. The van der Waals surface area contributed by atoms with Gasteiger partial charge in [0, 0.05) is 47.5 Å². The monoisotopic (exact) mass is 506 g/mol. The Morgan fingerprint density at radius 3 is 1.39 bits per heavy atom. The number of hydrogen-bond acceptors (Lipinski definition) is 0. The molecular weight excluding hydrogens is 464 g/mol. The lowest BCUT2D eigenvalue weighted by Crippen LogP contribution is -2.67. The van der Waals surface area contributed by atoms with E-state index in [9.17, 15) is 0 Å². The average Bonchev–Trinajstić information content (AvgIpc) is 2.97. The Morgan fingerprint density at radius 2 is 1.05 bits per heavy atom. The van der Waals surface area contributed by atoms with E-state index in [4.69, 9.17) is 0 Å². The van der Waals surface area contributed by atoms with E-state index in [1.807, 2.05) is 24.6 Å². The molecule has 2 aromatic heterocycles. The Hall–Kier alpha value is -4.18. The Morgan fingerprint density at radius 1 is 0.658 bits per heavy atom. The van der Waals surface area contributed by atoms with Crippen LogP contribution in [0.25, 0.3) is 11.1 Å². The number of rotatable bonds is 13. The number of nitrogens with zero attached hydrogens (tertiary/aromatic N) is 2. The number of nitrogens with one attached hydrogen (secondary N) is 2. The minimum atomic E-state index is 0.766. The first-order chi connectivity index (χ1) is 18.6. The van der Waals surface area contributed by atoms with Gasteiger partial charge in [0.2, 0.25) is 0 Å². The zero-order chi connectivity index (χ0) is 27.2. The molecule has 4 heteroatoms. The number of hydrogen-bond donors (Lipinski definition) is 2. The van der Waals surface area contributed by atoms with Gasteiger partial charge in [0.15, 0.2) is 50.3 Å². The zero-order valence-corrected chi connectivity index (χ0v) is 23.2. The van der Waals surface area contributed by atoms with Crippen molar-refractivity contribution in [3.63, 3.8) is 0 Å². The van der Waals surface area contributed by atoms with Gasteiger partial charge in [-0.15, -0.1) is 0 Å². The van der Waals surface area contributed by atoms with Crippen LogP contribution in [0.5, 0.6) is 0 Å². The maximum absolute atomic E-state index is 3.98. The summed E-state index contributed by atoms with van der Waals surface area (Å²) in [5.74, 6) is 0. The van der Waals surface area contributed by atoms with Crippen molar-refractivity contribution in [2.75, 3.05) is 0 Å². The average molecular weight is 507 g/mol. The van der Waals surface area contributed by atoms with E-state index in [1.54, 1.807) is 0 Å². The third kappa shape index (κ3) is 8.45. The fourth-order valence-corrected chi connectivity index (χ4v) is 4.18. The summed E-state index contributed by atoms with van der Waals surface area (Å²) in [6, 6.07) is 15.3. The molecule has 0 amide bonds. The summed E-state index contributed by atoms with van der Waals surface area (Å²) in [7, 11) is 0. The number of pyridine rings is 2. The zero-order valence-electron chi connectivity index (χ0n) is 23.2. The van der Waals surface area contributed by atoms with E-state index >= 15 is 0 Å². The number of aryl methyl sites for hydroxylation is 3. The van der Waals surface area contributed by atoms with Gasteiger partial charge in [-0.05, 0) is 66.3 Å². The van der Waals surface area contributed by atoms with E-state index in [0.29, 0.717) is 0 Å². The third-order valence-electron chi connectivity index (χ3n) is 6.51. The van der Waals surface area contributed by atoms with Crippen molar-refractivity contribution in [1.29, 1.82) is 0 Å². The second-order valence-corrected chi connectivity index (χ2v) is 9.09. The molecule has 2 N–H and O–H groups in total. The Balaban J connectivity index is 1.66. The lowest BCUT2D eigenvalue weighted by Gasteiger charge is -2.03. The van der Waals surface area contributed by atoms with Crippen LogP contribution in [-0.4, -0.2) is 12.4 Å². The van der Waals surface area contributed by atoms with Crippen LogP contribution >= 0.6 is 0 Å². The predicted molar refractivity (Wildman–Crippen MR) is 158 cm³/mol. The first kappa shape index (κ1) is 28.4. The SMILES string of the molecule is C=C/C(=C\C=[NH+]Cc1cc(CC)cc(C[NH+]=C/C=C(\C=C)c2cc[n+](CC)cc2)c1)c1cc[n+](CC)cc1. The summed E-state index contributed by atoms with van der Waals surface area (Å²) in [5, 5.41) is 0. The van der Waals surface area contributed by atoms with Gasteiger partial charge in [-0.3, -0.25) is 0 Å². The molecule has 0 spiro atoms. The van der Waals surface area contributed by atoms with Crippen LogP contribution < -0.4 is 19.1 Å². The first-order valence-corrected chi connectivity index (χ1v) is 13.5. The van der Waals surface area contributed by atoms with Crippen molar-refractivity contribution >= 4 is 23.6 Å². The Bertz CT molecular complexity index is 1220. The second kappa shape index (κ2) is 15.2. The summed E-state index contributed by atoms with van der Waals surface area (Å²) >= 11 is 0. The normalized spacial score (nSPS) is 12.4. The van der Waals surface area contributed by atoms with Crippen molar-refractivity contribution in [2.24, 2.45) is 0 Å². The van der Waals surface area contributed by atoms with E-state index in [-0.39, 0.29) is 0 Å². The van der Waals surface area contributed by atoms with Crippen molar-refractivity contribution < 1.29 is 19.1 Å². The highest BCUT2D eigenvalue weighted by atomic mass is 14.9. The van der Waals surface area contributed by atoms with Gasteiger partial charge in [-0.2, -0.15) is 0 Å². The van der Waals surface area contributed by atoms with Gasteiger partial charge in [0.1, 0.15) is 13.1 Å². The second-order valence-electron chi connectivity index (χ2n) is 9.09. The smallest absolute Gasteiger partial charge is 0.169 e. The summed E-state index contributed by atoms with van der Waals surface area (Å²) in [5.41, 5.74) is 8.38. The molecule has 0 fully saturated rings. The van der Waals surface area contributed by atoms with E-state index in [2.05, 4.69) is 132 Å². The molecule has 0 aliphatic heterocycles. The molecule has 4 nitrogen and oxygen atoms in total. The van der Waals surface area contributed by atoms with Gasteiger partial charge in [0.05, 0.1) is 0 Å². The van der Waals surface area contributed by atoms with Crippen molar-refractivity contribution in [3.8, 4) is 0 Å². The molecule has 0 radical (unpaired) electrons. The molecule has 0 aliphatic rings. The fraction of sp³-hybridized carbons (Fsp3) is 0.235. The van der Waals surface area contributed by atoms with Gasteiger partial charge in [-0.25, -0.2) is 19.1 Å². The number of allylic oxidation sites excluding steroid dienone is 6. The summed E-state index contributed by atoms with van der Waals surface area (Å²) < 4.78 is 4.30. The van der Waals surface area contributed by atoms with E-state index < -0.39 is 0 Å². The van der Waals surface area contributed by atoms with Crippen molar-refractivity contribution in [1.82, 2.24) is 0 Å². The number of aromatic nitrogens is 2. The molecule has 0 aliphatic carbocycles. The molecule has 1 aromatic carbocycles. The van der Waals surface area contributed by atoms with Crippen LogP contribution in [-0.2, 0) is 32.6 Å². The predicted octanol–water partition coefficient (Wildman–Crippen LogP) is 2.71. The molecule has 0 atom stereocenters. The molecule has 3 aromatic rings. The van der Waals surface area contributed by atoms with Gasteiger partial charge < -0.3 is 0 Å². The lowest BCUT2D eigenvalue weighted by molar-refractivity contribution is -0.693. The van der Waals surface area contributed by atoms with Crippen LogP contribution in [0, 0.1) is 0 Å². The molecule has 38 heavy (non-hydrogen) atoms. The quantitative estimate of drug-likeness (QED) is 0.203. The summed E-state index contributed by atoms with van der Waals surface area (Å²) in [4.78, 5) is 6.90. The topological polar surface area (TPSA) is 35.7 Å². The molecule has 2 heterocycles. The summed E-state index contributed by atoms with van der Waals surface area (Å²) in [6.07, 6.45) is 21.4. The van der Waals surface area contributed by atoms with Gasteiger partial charge >= 0.3 is 0 Å². The van der Waals surface area contributed by atoms with Gasteiger partial charge in [0.25, 0.3) is 0 Å². The molecular formula is C34H42N4+4. The number of benzene rings is 1. The van der Waals surface area contributed by atoms with Crippen LogP contribution in [0.1, 0.15) is 48.6 Å². The van der Waals surface area contributed by atoms with Crippen molar-refractivity contribution in [3.05, 3.63) is 133 Å². The minimum absolute atomic E-state index is 0.766. The first-order valence-electron chi connectivity index (χ1n) is 13.5. The molecule has 3 rings (SSSR count). The highest BCUT2D eigenvalue weighted by molar-refractivity contribution is 5.86. The van der Waals surface area contributed by atoms with Crippen LogP contribution in [0.3, 0.4) is 0 Å². The molecule has 0 unspecified atom stereocenters. The van der Waals surface area contributed by atoms with Crippen molar-refractivity contribution in [2.45, 2.75) is 53.4 Å². The molecule has 0 saturated heterocycles. The van der Waals surface area contributed by atoms with Crippen LogP contribution in [0.15, 0.2) is 105 Å². The standard InChI is InChI=1S/C34H40N4/c1-6-28-23-29(26-35-17-11-31(7-2)33-13-19-37(9-4)20-14-33)25-30(24-28)27-36-18-12-32(8-3)34-15-21-38(10-5)22-16-34/h7-8,11-25H,2-3,6,9-10,26-27H2,1,4-5H3/q+2/p+2/b31-11+,32-12+,35-17?,36-18?. The largest absolute Gasteiger partial charge is 0.244 e. The van der Waals surface area contributed by atoms with Crippen LogP contribution in [0.2, 0.25) is 0 Å². The highest BCUT2D eigenvalue weighted by Crippen LogP contribution is 2.13.